The molecule has 4 heteroatoms. The highest BCUT2D eigenvalue weighted by molar-refractivity contribution is 5.77. The molecule has 0 aliphatic heterocycles. The summed E-state index contributed by atoms with van der Waals surface area (Å²) in [5.74, 6) is -0.362. The molecular weight excluding hydrogens is 206 g/mol. The number of carboxylic acid groups (broad SMARTS) is 1. The van der Waals surface area contributed by atoms with Crippen LogP contribution in [0.15, 0.2) is 0 Å². The Balaban J connectivity index is 3.89. The minimum atomic E-state index is -0.861. The zero-order valence-corrected chi connectivity index (χ0v) is 10.7. The largest absolute Gasteiger partial charge is 0.481 e. The molecule has 0 aliphatic rings. The third kappa shape index (κ3) is 8.26. The fraction of sp³-hybridized carbons (Fsp3) is 0.833. The van der Waals surface area contributed by atoms with Crippen molar-refractivity contribution in [1.82, 2.24) is 5.32 Å². The Bertz CT molecular complexity index is 247. The van der Waals surface area contributed by atoms with Crippen LogP contribution in [0, 0.1) is 11.3 Å². The molecule has 0 spiro atoms. The van der Waals surface area contributed by atoms with E-state index < -0.39 is 11.4 Å². The second-order valence-electron chi connectivity index (χ2n) is 5.44. The summed E-state index contributed by atoms with van der Waals surface area (Å²) in [7, 11) is 0. The summed E-state index contributed by atoms with van der Waals surface area (Å²) in [6, 6.07) is 0. The molecular formula is C12H23NO3. The van der Waals surface area contributed by atoms with E-state index in [9.17, 15) is 9.59 Å². The van der Waals surface area contributed by atoms with E-state index in [0.717, 1.165) is 6.42 Å². The number of nitrogens with one attached hydrogen (secondary N) is 1. The second kappa shape index (κ2) is 6.51. The van der Waals surface area contributed by atoms with E-state index in [2.05, 4.69) is 19.2 Å². The van der Waals surface area contributed by atoms with Crippen LogP contribution in [0.4, 0.5) is 0 Å². The van der Waals surface area contributed by atoms with Crippen molar-refractivity contribution in [3.8, 4) is 0 Å². The monoisotopic (exact) mass is 229 g/mol. The topological polar surface area (TPSA) is 66.4 Å². The molecule has 0 aromatic carbocycles. The molecule has 94 valence electrons. The van der Waals surface area contributed by atoms with Gasteiger partial charge in [-0.2, -0.15) is 0 Å². The Hall–Kier alpha value is -1.06. The molecule has 0 bridgehead atoms. The van der Waals surface area contributed by atoms with Crippen molar-refractivity contribution in [3.63, 3.8) is 0 Å². The number of hydrogen-bond donors (Lipinski definition) is 2. The van der Waals surface area contributed by atoms with Gasteiger partial charge in [-0.1, -0.05) is 27.7 Å². The number of hydrogen-bond acceptors (Lipinski definition) is 2. The van der Waals surface area contributed by atoms with Gasteiger partial charge in [-0.25, -0.2) is 0 Å². The van der Waals surface area contributed by atoms with Crippen molar-refractivity contribution in [2.24, 2.45) is 11.3 Å². The first-order valence-electron chi connectivity index (χ1n) is 5.71. The Kier molecular flexibility index (Phi) is 6.08. The molecule has 0 aromatic heterocycles. The molecule has 0 saturated carbocycles. The Morgan fingerprint density at radius 1 is 1.25 bits per heavy atom. The van der Waals surface area contributed by atoms with Gasteiger partial charge >= 0.3 is 5.97 Å². The lowest BCUT2D eigenvalue weighted by atomic mass is 9.85. The highest BCUT2D eigenvalue weighted by Gasteiger charge is 2.24. The van der Waals surface area contributed by atoms with Gasteiger partial charge < -0.3 is 10.4 Å². The molecule has 0 aliphatic carbocycles. The predicted molar refractivity (Wildman–Crippen MR) is 63.1 cm³/mol. The molecule has 0 radical (unpaired) electrons. The van der Waals surface area contributed by atoms with Crippen molar-refractivity contribution in [2.75, 3.05) is 6.54 Å². The quantitative estimate of drug-likeness (QED) is 0.702. The third-order valence-electron chi connectivity index (χ3n) is 2.31. The first-order chi connectivity index (χ1) is 7.23. The van der Waals surface area contributed by atoms with Crippen molar-refractivity contribution in [2.45, 2.75) is 47.0 Å². The van der Waals surface area contributed by atoms with E-state index in [-0.39, 0.29) is 18.7 Å². The van der Waals surface area contributed by atoms with Crippen LogP contribution in [0.5, 0.6) is 0 Å². The highest BCUT2D eigenvalue weighted by atomic mass is 16.4. The molecule has 0 atom stereocenters. The fourth-order valence-electron chi connectivity index (χ4n) is 1.47. The summed E-state index contributed by atoms with van der Waals surface area (Å²) >= 11 is 0. The van der Waals surface area contributed by atoms with Gasteiger partial charge in [0, 0.05) is 13.0 Å². The second-order valence-corrected chi connectivity index (χ2v) is 5.44. The lowest BCUT2D eigenvalue weighted by Crippen LogP contribution is -2.31. The molecule has 0 fully saturated rings. The molecule has 0 unspecified atom stereocenters. The number of carbonyl (C=O) groups excluding carboxylic acids is 1. The van der Waals surface area contributed by atoms with Crippen LogP contribution in [0.25, 0.3) is 0 Å². The van der Waals surface area contributed by atoms with Gasteiger partial charge in [-0.3, -0.25) is 9.59 Å². The maximum absolute atomic E-state index is 11.5. The Morgan fingerprint density at radius 3 is 2.25 bits per heavy atom. The van der Waals surface area contributed by atoms with Crippen LogP contribution >= 0.6 is 0 Å². The zero-order chi connectivity index (χ0) is 12.8. The summed E-state index contributed by atoms with van der Waals surface area (Å²) < 4.78 is 0. The maximum Gasteiger partial charge on any atom is 0.303 e. The fourth-order valence-corrected chi connectivity index (χ4v) is 1.47. The molecule has 2 N–H and O–H groups in total. The maximum atomic E-state index is 11.5. The summed E-state index contributed by atoms with van der Waals surface area (Å²) in [6.07, 6.45) is 1.23. The summed E-state index contributed by atoms with van der Waals surface area (Å²) in [5.41, 5.74) is -0.478. The SMILES string of the molecule is CC(C)CCNC(=O)CC(C)(C)CC(=O)O. The Morgan fingerprint density at radius 2 is 1.81 bits per heavy atom. The van der Waals surface area contributed by atoms with E-state index in [1.54, 1.807) is 13.8 Å². The Labute approximate surface area is 97.4 Å². The first kappa shape index (κ1) is 14.9. The normalized spacial score (nSPS) is 11.6. The molecule has 0 aromatic rings. The van der Waals surface area contributed by atoms with E-state index in [4.69, 9.17) is 5.11 Å². The van der Waals surface area contributed by atoms with Crippen LogP contribution in [0.1, 0.15) is 47.0 Å². The van der Waals surface area contributed by atoms with Crippen LogP contribution in [-0.2, 0) is 9.59 Å². The van der Waals surface area contributed by atoms with Gasteiger partial charge in [-0.05, 0) is 17.8 Å². The number of aliphatic carboxylic acids is 1. The molecule has 16 heavy (non-hydrogen) atoms. The first-order valence-corrected chi connectivity index (χ1v) is 5.71. The lowest BCUT2D eigenvalue weighted by Gasteiger charge is -2.21. The molecule has 0 rings (SSSR count). The summed E-state index contributed by atoms with van der Waals surface area (Å²) in [5, 5.41) is 11.5. The van der Waals surface area contributed by atoms with Crippen molar-refractivity contribution in [3.05, 3.63) is 0 Å². The number of rotatable bonds is 7. The van der Waals surface area contributed by atoms with Gasteiger partial charge in [-0.15, -0.1) is 0 Å². The van der Waals surface area contributed by atoms with Gasteiger partial charge in [0.05, 0.1) is 6.42 Å². The van der Waals surface area contributed by atoms with Crippen molar-refractivity contribution in [1.29, 1.82) is 0 Å². The van der Waals surface area contributed by atoms with E-state index in [1.807, 2.05) is 0 Å². The molecule has 0 saturated heterocycles. The van der Waals surface area contributed by atoms with Gasteiger partial charge in [0.1, 0.15) is 0 Å². The minimum absolute atomic E-state index is 0.0185. The number of amides is 1. The van der Waals surface area contributed by atoms with Gasteiger partial charge in [0.15, 0.2) is 0 Å². The van der Waals surface area contributed by atoms with Gasteiger partial charge in [0.2, 0.25) is 5.91 Å². The van der Waals surface area contributed by atoms with Crippen molar-refractivity contribution < 1.29 is 14.7 Å². The van der Waals surface area contributed by atoms with E-state index in [0.29, 0.717) is 12.5 Å². The zero-order valence-electron chi connectivity index (χ0n) is 10.7. The van der Waals surface area contributed by atoms with Crippen LogP contribution in [0.2, 0.25) is 0 Å². The van der Waals surface area contributed by atoms with Gasteiger partial charge in [0.25, 0.3) is 0 Å². The number of carbonyl (C=O) groups is 2. The summed E-state index contributed by atoms with van der Waals surface area (Å²) in [6.45, 7) is 8.45. The van der Waals surface area contributed by atoms with Crippen LogP contribution < -0.4 is 5.32 Å². The third-order valence-corrected chi connectivity index (χ3v) is 2.31. The van der Waals surface area contributed by atoms with Crippen LogP contribution in [-0.4, -0.2) is 23.5 Å². The van der Waals surface area contributed by atoms with Crippen molar-refractivity contribution >= 4 is 11.9 Å². The van der Waals surface area contributed by atoms with E-state index >= 15 is 0 Å². The molecule has 1 amide bonds. The average Bonchev–Trinajstić information content (AvgIpc) is 1.98. The predicted octanol–water partition coefficient (Wildman–Crippen LogP) is 2.04. The average molecular weight is 229 g/mol. The van der Waals surface area contributed by atoms with Crippen LogP contribution in [0.3, 0.4) is 0 Å². The standard InChI is InChI=1S/C12H23NO3/c1-9(2)5-6-13-10(14)7-12(3,4)8-11(15)16/h9H,5-8H2,1-4H3,(H,13,14)(H,15,16). The summed E-state index contributed by atoms with van der Waals surface area (Å²) in [4.78, 5) is 22.1. The molecule has 0 heterocycles. The lowest BCUT2D eigenvalue weighted by molar-refractivity contribution is -0.139. The number of carboxylic acids is 1. The molecule has 4 nitrogen and oxygen atoms in total. The van der Waals surface area contributed by atoms with E-state index in [1.165, 1.54) is 0 Å². The smallest absolute Gasteiger partial charge is 0.303 e. The minimum Gasteiger partial charge on any atom is -0.481 e. The highest BCUT2D eigenvalue weighted by Crippen LogP contribution is 2.24.